The van der Waals surface area contributed by atoms with E-state index in [-0.39, 0.29) is 5.60 Å². The smallest absolute Gasteiger partial charge is 0.0799 e. The molecule has 4 heteroatoms. The van der Waals surface area contributed by atoms with E-state index in [4.69, 9.17) is 10.5 Å². The lowest BCUT2D eigenvalue weighted by Crippen LogP contribution is -2.40. The van der Waals surface area contributed by atoms with E-state index in [2.05, 4.69) is 18.9 Å². The van der Waals surface area contributed by atoms with Gasteiger partial charge < -0.3 is 10.5 Å². The van der Waals surface area contributed by atoms with Gasteiger partial charge in [-0.15, -0.1) is 0 Å². The van der Waals surface area contributed by atoms with Gasteiger partial charge in [0, 0.05) is 18.9 Å². The highest BCUT2D eigenvalue weighted by atomic mass is 16.5. The van der Waals surface area contributed by atoms with Crippen LogP contribution < -0.4 is 5.73 Å². The van der Waals surface area contributed by atoms with Crippen molar-refractivity contribution in [3.63, 3.8) is 0 Å². The van der Waals surface area contributed by atoms with Crippen molar-refractivity contribution < 1.29 is 4.74 Å². The second kappa shape index (κ2) is 5.88. The van der Waals surface area contributed by atoms with Crippen molar-refractivity contribution in [2.45, 2.75) is 38.8 Å². The first-order valence-electron chi connectivity index (χ1n) is 5.58. The molecule has 0 aromatic carbocycles. The summed E-state index contributed by atoms with van der Waals surface area (Å²) in [6.07, 6.45) is 5.62. The molecule has 4 nitrogen and oxygen atoms in total. The van der Waals surface area contributed by atoms with E-state index < -0.39 is 0 Å². The Morgan fingerprint density at radius 3 is 2.60 bits per heavy atom. The van der Waals surface area contributed by atoms with Crippen LogP contribution in [-0.4, -0.2) is 28.5 Å². The van der Waals surface area contributed by atoms with Gasteiger partial charge in [0.2, 0.25) is 0 Å². The summed E-state index contributed by atoms with van der Waals surface area (Å²) < 4.78 is 7.73. The fourth-order valence-corrected chi connectivity index (χ4v) is 1.59. The van der Waals surface area contributed by atoms with Crippen molar-refractivity contribution in [2.24, 2.45) is 5.73 Å². The molecule has 86 valence electrons. The Kier molecular flexibility index (Phi) is 4.78. The van der Waals surface area contributed by atoms with Gasteiger partial charge in [-0.25, -0.2) is 0 Å². The first kappa shape index (κ1) is 12.2. The molecule has 0 spiro atoms. The number of hydrogen-bond acceptors (Lipinski definition) is 3. The second-order valence-corrected chi connectivity index (χ2v) is 3.71. The van der Waals surface area contributed by atoms with Crippen molar-refractivity contribution in [1.29, 1.82) is 0 Å². The van der Waals surface area contributed by atoms with E-state index in [1.165, 1.54) is 0 Å². The van der Waals surface area contributed by atoms with Crippen LogP contribution in [0.15, 0.2) is 18.5 Å². The Hall–Kier alpha value is -0.870. The number of hydrogen-bond donors (Lipinski definition) is 1. The molecule has 0 aliphatic carbocycles. The maximum absolute atomic E-state index is 5.86. The molecule has 0 fully saturated rings. The van der Waals surface area contributed by atoms with E-state index in [9.17, 15) is 0 Å². The monoisotopic (exact) mass is 211 g/mol. The minimum absolute atomic E-state index is 0.146. The van der Waals surface area contributed by atoms with Gasteiger partial charge in [0.05, 0.1) is 18.8 Å². The Morgan fingerprint density at radius 2 is 2.13 bits per heavy atom. The molecule has 0 unspecified atom stereocenters. The average molecular weight is 211 g/mol. The summed E-state index contributed by atoms with van der Waals surface area (Å²) in [6.45, 7) is 6.27. The minimum atomic E-state index is -0.146. The number of ether oxygens (including phenoxy) is 1. The largest absolute Gasteiger partial charge is 0.372 e. The normalized spacial score (nSPS) is 11.9. The van der Waals surface area contributed by atoms with Gasteiger partial charge in [-0.2, -0.15) is 5.10 Å². The lowest BCUT2D eigenvalue weighted by Gasteiger charge is -2.30. The van der Waals surface area contributed by atoms with E-state index in [0.717, 1.165) is 19.4 Å². The third kappa shape index (κ3) is 3.32. The lowest BCUT2D eigenvalue weighted by molar-refractivity contribution is -0.0482. The molecule has 15 heavy (non-hydrogen) atoms. The highest BCUT2D eigenvalue weighted by Gasteiger charge is 2.24. The molecule has 0 saturated carbocycles. The van der Waals surface area contributed by atoms with Gasteiger partial charge in [-0.3, -0.25) is 4.68 Å². The van der Waals surface area contributed by atoms with Crippen LogP contribution in [0.2, 0.25) is 0 Å². The molecule has 0 bridgehead atoms. The summed E-state index contributed by atoms with van der Waals surface area (Å²) >= 11 is 0. The van der Waals surface area contributed by atoms with Gasteiger partial charge >= 0.3 is 0 Å². The quantitative estimate of drug-likeness (QED) is 0.742. The van der Waals surface area contributed by atoms with Crippen molar-refractivity contribution in [1.82, 2.24) is 9.78 Å². The SMILES string of the molecule is CCC(CC)(CN)OCCn1cccn1. The van der Waals surface area contributed by atoms with Crippen molar-refractivity contribution in [3.05, 3.63) is 18.5 Å². The molecule has 0 aliphatic heterocycles. The molecule has 0 saturated heterocycles. The molecule has 1 heterocycles. The van der Waals surface area contributed by atoms with Gasteiger partial charge in [0.15, 0.2) is 0 Å². The molecule has 1 rings (SSSR count). The standard InChI is InChI=1S/C11H21N3O/c1-3-11(4-2,10-12)15-9-8-14-7-5-6-13-14/h5-7H,3-4,8-10,12H2,1-2H3. The Labute approximate surface area is 91.4 Å². The molecule has 0 amide bonds. The van der Waals surface area contributed by atoms with Crippen molar-refractivity contribution >= 4 is 0 Å². The molecule has 2 N–H and O–H groups in total. The zero-order chi connectivity index (χ0) is 11.1. The summed E-state index contributed by atoms with van der Waals surface area (Å²) in [5.41, 5.74) is 5.60. The van der Waals surface area contributed by atoms with E-state index >= 15 is 0 Å². The number of aromatic nitrogens is 2. The van der Waals surface area contributed by atoms with Crippen LogP contribution in [-0.2, 0) is 11.3 Å². The van der Waals surface area contributed by atoms with E-state index in [1.54, 1.807) is 6.20 Å². The molecule has 0 aliphatic rings. The van der Waals surface area contributed by atoms with Crippen LogP contribution >= 0.6 is 0 Å². The predicted molar refractivity (Wildman–Crippen MR) is 60.5 cm³/mol. The fourth-order valence-electron chi connectivity index (χ4n) is 1.59. The van der Waals surface area contributed by atoms with Crippen LogP contribution in [0.25, 0.3) is 0 Å². The molecule has 0 radical (unpaired) electrons. The Bertz CT molecular complexity index is 247. The zero-order valence-corrected chi connectivity index (χ0v) is 9.65. The van der Waals surface area contributed by atoms with Crippen LogP contribution in [0.5, 0.6) is 0 Å². The predicted octanol–water partition coefficient (Wildman–Crippen LogP) is 1.42. The third-order valence-corrected chi connectivity index (χ3v) is 2.95. The highest BCUT2D eigenvalue weighted by Crippen LogP contribution is 2.18. The van der Waals surface area contributed by atoms with Crippen LogP contribution in [0.4, 0.5) is 0 Å². The molecular weight excluding hydrogens is 190 g/mol. The zero-order valence-electron chi connectivity index (χ0n) is 9.65. The Balaban J connectivity index is 2.34. The topological polar surface area (TPSA) is 53.1 Å². The number of rotatable bonds is 7. The lowest BCUT2D eigenvalue weighted by atomic mass is 9.97. The van der Waals surface area contributed by atoms with Gasteiger partial charge in [-0.05, 0) is 18.9 Å². The van der Waals surface area contributed by atoms with Gasteiger partial charge in [0.1, 0.15) is 0 Å². The second-order valence-electron chi connectivity index (χ2n) is 3.71. The molecule has 1 aromatic heterocycles. The first-order valence-corrected chi connectivity index (χ1v) is 5.58. The van der Waals surface area contributed by atoms with Gasteiger partial charge in [-0.1, -0.05) is 13.8 Å². The Morgan fingerprint density at radius 1 is 1.40 bits per heavy atom. The van der Waals surface area contributed by atoms with Crippen molar-refractivity contribution in [3.8, 4) is 0 Å². The van der Waals surface area contributed by atoms with Crippen LogP contribution in [0.3, 0.4) is 0 Å². The van der Waals surface area contributed by atoms with Gasteiger partial charge in [0.25, 0.3) is 0 Å². The summed E-state index contributed by atoms with van der Waals surface area (Å²) in [6, 6.07) is 1.91. The highest BCUT2D eigenvalue weighted by molar-refractivity contribution is 4.80. The third-order valence-electron chi connectivity index (χ3n) is 2.95. The first-order chi connectivity index (χ1) is 7.26. The fraction of sp³-hybridized carbons (Fsp3) is 0.727. The van der Waals surface area contributed by atoms with Crippen molar-refractivity contribution in [2.75, 3.05) is 13.2 Å². The molecule has 1 aromatic rings. The number of nitrogens with two attached hydrogens (primary N) is 1. The van der Waals surface area contributed by atoms with E-state index in [1.807, 2.05) is 16.9 Å². The van der Waals surface area contributed by atoms with Crippen LogP contribution in [0.1, 0.15) is 26.7 Å². The van der Waals surface area contributed by atoms with Crippen LogP contribution in [0, 0.1) is 0 Å². The number of nitrogens with zero attached hydrogens (tertiary/aromatic N) is 2. The minimum Gasteiger partial charge on any atom is -0.372 e. The average Bonchev–Trinajstić information content (AvgIpc) is 2.78. The molecule has 0 atom stereocenters. The summed E-state index contributed by atoms with van der Waals surface area (Å²) in [4.78, 5) is 0. The summed E-state index contributed by atoms with van der Waals surface area (Å²) in [7, 11) is 0. The van der Waals surface area contributed by atoms with E-state index in [0.29, 0.717) is 13.2 Å². The molecular formula is C11H21N3O. The summed E-state index contributed by atoms with van der Waals surface area (Å²) in [5.74, 6) is 0. The maximum atomic E-state index is 5.86. The summed E-state index contributed by atoms with van der Waals surface area (Å²) in [5, 5.41) is 4.12. The maximum Gasteiger partial charge on any atom is 0.0799 e.